The zero-order valence-electron chi connectivity index (χ0n) is 14.1. The van der Waals surface area contributed by atoms with Crippen LogP contribution in [0.4, 0.5) is 0 Å². The lowest BCUT2D eigenvalue weighted by Gasteiger charge is -2.45. The van der Waals surface area contributed by atoms with E-state index in [-0.39, 0.29) is 0 Å². The molecule has 0 aromatic carbocycles. The molecule has 2 aliphatic rings. The van der Waals surface area contributed by atoms with E-state index in [1.165, 1.54) is 25.7 Å². The normalized spacial score (nSPS) is 38.2. The minimum Gasteiger partial charge on any atom is -0.376 e. The Morgan fingerprint density at radius 2 is 2.05 bits per heavy atom. The van der Waals surface area contributed by atoms with Crippen LogP contribution in [0.15, 0.2) is 0 Å². The van der Waals surface area contributed by atoms with Crippen molar-refractivity contribution >= 4 is 0 Å². The minimum absolute atomic E-state index is 0.383. The number of morpholine rings is 1. The van der Waals surface area contributed by atoms with E-state index in [2.05, 4.69) is 44.8 Å². The second-order valence-electron chi connectivity index (χ2n) is 7.43. The Hall–Kier alpha value is -0.120. The van der Waals surface area contributed by atoms with Crippen molar-refractivity contribution in [2.24, 2.45) is 5.41 Å². The molecule has 0 bridgehead atoms. The quantitative estimate of drug-likeness (QED) is 0.839. The lowest BCUT2D eigenvalue weighted by Crippen LogP contribution is -2.59. The van der Waals surface area contributed by atoms with Gasteiger partial charge in [0.2, 0.25) is 0 Å². The maximum atomic E-state index is 5.88. The van der Waals surface area contributed by atoms with Gasteiger partial charge in [-0.25, -0.2) is 0 Å². The molecule has 3 heteroatoms. The van der Waals surface area contributed by atoms with Gasteiger partial charge in [0.25, 0.3) is 0 Å². The maximum Gasteiger partial charge on any atom is 0.0674 e. The predicted molar refractivity (Wildman–Crippen MR) is 85.1 cm³/mol. The largest absolute Gasteiger partial charge is 0.376 e. The molecule has 2 fully saturated rings. The molecule has 3 nitrogen and oxygen atoms in total. The van der Waals surface area contributed by atoms with Crippen LogP contribution in [0.5, 0.6) is 0 Å². The summed E-state index contributed by atoms with van der Waals surface area (Å²) < 4.78 is 5.88. The van der Waals surface area contributed by atoms with Crippen molar-refractivity contribution < 1.29 is 4.74 Å². The molecule has 1 heterocycles. The van der Waals surface area contributed by atoms with E-state index < -0.39 is 0 Å². The number of hydrogen-bond donors (Lipinski definition) is 1. The summed E-state index contributed by atoms with van der Waals surface area (Å²) in [6, 6.07) is 1.92. The van der Waals surface area contributed by atoms with Gasteiger partial charge in [0.1, 0.15) is 0 Å². The highest BCUT2D eigenvalue weighted by Crippen LogP contribution is 2.41. The lowest BCUT2D eigenvalue weighted by molar-refractivity contribution is -0.0771. The molecular weight excluding hydrogens is 248 g/mol. The molecule has 0 amide bonds. The average Bonchev–Trinajstić information content (AvgIpc) is 2.71. The fourth-order valence-electron chi connectivity index (χ4n) is 4.06. The molecule has 4 unspecified atom stereocenters. The molecular formula is C17H34N2O. The Labute approximate surface area is 125 Å². The summed E-state index contributed by atoms with van der Waals surface area (Å²) in [5.41, 5.74) is 0.416. The third-order valence-electron chi connectivity index (χ3n) is 5.33. The smallest absolute Gasteiger partial charge is 0.0674 e. The van der Waals surface area contributed by atoms with Gasteiger partial charge in [0.05, 0.1) is 12.7 Å². The molecule has 20 heavy (non-hydrogen) atoms. The molecule has 1 saturated heterocycles. The van der Waals surface area contributed by atoms with Gasteiger partial charge in [0.15, 0.2) is 0 Å². The summed E-state index contributed by atoms with van der Waals surface area (Å²) in [6.45, 7) is 14.8. The topological polar surface area (TPSA) is 24.5 Å². The highest BCUT2D eigenvalue weighted by molar-refractivity contribution is 5.03. The lowest BCUT2D eigenvalue weighted by atomic mass is 9.85. The van der Waals surface area contributed by atoms with Crippen molar-refractivity contribution in [2.75, 3.05) is 19.7 Å². The number of nitrogens with zero attached hydrogens (tertiary/aromatic N) is 1. The third kappa shape index (κ3) is 3.37. The fourth-order valence-corrected chi connectivity index (χ4v) is 4.06. The van der Waals surface area contributed by atoms with Crippen molar-refractivity contribution in [3.63, 3.8) is 0 Å². The van der Waals surface area contributed by atoms with E-state index in [0.29, 0.717) is 29.6 Å². The Morgan fingerprint density at radius 1 is 1.30 bits per heavy atom. The summed E-state index contributed by atoms with van der Waals surface area (Å²) in [6.07, 6.45) is 5.47. The van der Waals surface area contributed by atoms with Crippen molar-refractivity contribution in [1.82, 2.24) is 10.2 Å². The van der Waals surface area contributed by atoms with Crippen LogP contribution in [0.3, 0.4) is 0 Å². The van der Waals surface area contributed by atoms with E-state index in [0.717, 1.165) is 19.7 Å². The zero-order chi connectivity index (χ0) is 14.8. The van der Waals surface area contributed by atoms with Crippen LogP contribution in [-0.4, -0.2) is 48.8 Å². The molecule has 1 aliphatic heterocycles. The van der Waals surface area contributed by atoms with Crippen molar-refractivity contribution in [2.45, 2.75) is 84.5 Å². The van der Waals surface area contributed by atoms with Gasteiger partial charge in [-0.3, -0.25) is 4.90 Å². The van der Waals surface area contributed by atoms with Crippen LogP contribution in [-0.2, 0) is 4.74 Å². The molecule has 2 rings (SSSR count). The summed E-state index contributed by atoms with van der Waals surface area (Å²) >= 11 is 0. The standard InChI is InChI=1S/C17H34N2O/c1-6-10-18-16-15(8-9-17(16,4)5)19-11-13(3)20-12-14(19)7-2/h13-16,18H,6-12H2,1-5H3. The van der Waals surface area contributed by atoms with Crippen LogP contribution in [0.1, 0.15) is 60.3 Å². The summed E-state index contributed by atoms with van der Waals surface area (Å²) in [5, 5.41) is 3.85. The fraction of sp³-hybridized carbons (Fsp3) is 1.00. The van der Waals surface area contributed by atoms with Crippen LogP contribution in [0.25, 0.3) is 0 Å². The SMILES string of the molecule is CCCNC1C(N2CC(C)OCC2CC)CCC1(C)C. The van der Waals surface area contributed by atoms with Gasteiger partial charge in [-0.2, -0.15) is 0 Å². The Bertz CT molecular complexity index is 305. The van der Waals surface area contributed by atoms with Crippen molar-refractivity contribution in [1.29, 1.82) is 0 Å². The molecule has 0 spiro atoms. The van der Waals surface area contributed by atoms with E-state index in [1.54, 1.807) is 0 Å². The highest BCUT2D eigenvalue weighted by Gasteiger charge is 2.46. The Balaban J connectivity index is 2.11. The number of rotatable bonds is 5. The van der Waals surface area contributed by atoms with Gasteiger partial charge >= 0.3 is 0 Å². The van der Waals surface area contributed by atoms with Crippen LogP contribution in [0, 0.1) is 5.41 Å². The van der Waals surface area contributed by atoms with E-state index in [4.69, 9.17) is 4.74 Å². The number of nitrogens with one attached hydrogen (secondary N) is 1. The second-order valence-corrected chi connectivity index (χ2v) is 7.43. The first kappa shape index (κ1) is 16.3. The van der Waals surface area contributed by atoms with Gasteiger partial charge in [-0.1, -0.05) is 27.7 Å². The van der Waals surface area contributed by atoms with Crippen LogP contribution < -0.4 is 5.32 Å². The summed E-state index contributed by atoms with van der Waals surface area (Å²) in [4.78, 5) is 2.76. The van der Waals surface area contributed by atoms with Gasteiger partial charge in [0, 0.05) is 24.7 Å². The molecule has 4 atom stereocenters. The molecule has 0 radical (unpaired) electrons. The predicted octanol–water partition coefficient (Wildman–Crippen LogP) is 3.04. The molecule has 1 aliphatic carbocycles. The Morgan fingerprint density at radius 3 is 2.70 bits per heavy atom. The number of ether oxygens (including phenoxy) is 1. The maximum absolute atomic E-state index is 5.88. The first-order chi connectivity index (χ1) is 9.49. The summed E-state index contributed by atoms with van der Waals surface area (Å²) in [5.74, 6) is 0. The van der Waals surface area contributed by atoms with E-state index in [1.807, 2.05) is 0 Å². The van der Waals surface area contributed by atoms with Gasteiger partial charge in [-0.05, 0) is 44.6 Å². The zero-order valence-corrected chi connectivity index (χ0v) is 14.1. The van der Waals surface area contributed by atoms with Crippen LogP contribution >= 0.6 is 0 Å². The first-order valence-corrected chi connectivity index (χ1v) is 8.60. The van der Waals surface area contributed by atoms with Crippen LogP contribution in [0.2, 0.25) is 0 Å². The molecule has 118 valence electrons. The molecule has 0 aromatic heterocycles. The Kier molecular flexibility index (Phi) is 5.49. The number of hydrogen-bond acceptors (Lipinski definition) is 3. The van der Waals surface area contributed by atoms with E-state index in [9.17, 15) is 0 Å². The molecule has 0 aromatic rings. The minimum atomic E-state index is 0.383. The van der Waals surface area contributed by atoms with Crippen molar-refractivity contribution in [3.8, 4) is 0 Å². The molecule has 1 N–H and O–H groups in total. The van der Waals surface area contributed by atoms with E-state index >= 15 is 0 Å². The molecule has 1 saturated carbocycles. The second kappa shape index (κ2) is 6.76. The monoisotopic (exact) mass is 282 g/mol. The first-order valence-electron chi connectivity index (χ1n) is 8.60. The van der Waals surface area contributed by atoms with Crippen molar-refractivity contribution in [3.05, 3.63) is 0 Å². The average molecular weight is 282 g/mol. The third-order valence-corrected chi connectivity index (χ3v) is 5.33. The van der Waals surface area contributed by atoms with Gasteiger partial charge < -0.3 is 10.1 Å². The van der Waals surface area contributed by atoms with Gasteiger partial charge in [-0.15, -0.1) is 0 Å². The highest BCUT2D eigenvalue weighted by atomic mass is 16.5. The summed E-state index contributed by atoms with van der Waals surface area (Å²) in [7, 11) is 0.